The van der Waals surface area contributed by atoms with Crippen molar-refractivity contribution in [1.29, 1.82) is 5.26 Å². The summed E-state index contributed by atoms with van der Waals surface area (Å²) in [6, 6.07) is 9.80. The van der Waals surface area contributed by atoms with Crippen LogP contribution in [-0.4, -0.2) is 10.9 Å². The summed E-state index contributed by atoms with van der Waals surface area (Å²) in [5.41, 5.74) is -0.187. The second-order valence-corrected chi connectivity index (χ2v) is 4.07. The molecule has 21 heavy (non-hydrogen) atoms. The van der Waals surface area contributed by atoms with E-state index in [1.807, 2.05) is 6.07 Å². The van der Waals surface area contributed by atoms with Crippen LogP contribution in [0.4, 0.5) is 18.9 Å². The average molecular weight is 291 g/mol. The second kappa shape index (κ2) is 5.63. The van der Waals surface area contributed by atoms with Gasteiger partial charge in [-0.15, -0.1) is 0 Å². The summed E-state index contributed by atoms with van der Waals surface area (Å²) in [5.74, 6) is -0.582. The van der Waals surface area contributed by atoms with Gasteiger partial charge in [0.25, 0.3) is 5.91 Å². The van der Waals surface area contributed by atoms with Gasteiger partial charge in [0.1, 0.15) is 5.69 Å². The molecule has 7 heteroatoms. The number of alkyl halides is 3. The van der Waals surface area contributed by atoms with Crippen molar-refractivity contribution < 1.29 is 18.0 Å². The van der Waals surface area contributed by atoms with Crippen molar-refractivity contribution >= 4 is 11.6 Å². The van der Waals surface area contributed by atoms with E-state index in [1.54, 1.807) is 0 Å². The van der Waals surface area contributed by atoms with Crippen molar-refractivity contribution in [2.45, 2.75) is 6.18 Å². The van der Waals surface area contributed by atoms with Crippen LogP contribution in [0.1, 0.15) is 21.6 Å². The summed E-state index contributed by atoms with van der Waals surface area (Å²) in [6.07, 6.45) is -3.68. The fraction of sp³-hybridized carbons (Fsp3) is 0.0714. The number of hydrogen-bond donors (Lipinski definition) is 1. The van der Waals surface area contributed by atoms with E-state index in [1.165, 1.54) is 24.3 Å². The first-order chi connectivity index (χ1) is 9.90. The number of halogens is 3. The minimum atomic E-state index is -4.54. The van der Waals surface area contributed by atoms with Crippen molar-refractivity contribution in [3.63, 3.8) is 0 Å². The van der Waals surface area contributed by atoms with E-state index in [4.69, 9.17) is 5.26 Å². The van der Waals surface area contributed by atoms with Gasteiger partial charge in [-0.2, -0.15) is 18.4 Å². The number of rotatable bonds is 2. The monoisotopic (exact) mass is 291 g/mol. The van der Waals surface area contributed by atoms with Crippen LogP contribution in [0.5, 0.6) is 0 Å². The second-order valence-electron chi connectivity index (χ2n) is 4.07. The molecule has 2 aromatic rings. The lowest BCUT2D eigenvalue weighted by molar-refractivity contribution is -0.141. The standard InChI is InChI=1S/C14H8F3N3O/c15-14(16,17)12-6-3-10(8-19-12)13(21)20-11-4-1-9(7-18)2-5-11/h1-6,8H,(H,20,21). The van der Waals surface area contributed by atoms with Crippen molar-refractivity contribution in [2.24, 2.45) is 0 Å². The Morgan fingerprint density at radius 1 is 1.14 bits per heavy atom. The molecule has 106 valence electrons. The zero-order valence-electron chi connectivity index (χ0n) is 10.5. The predicted octanol–water partition coefficient (Wildman–Crippen LogP) is 3.22. The highest BCUT2D eigenvalue weighted by atomic mass is 19.4. The molecule has 2 rings (SSSR count). The maximum atomic E-state index is 12.3. The molecule has 0 fully saturated rings. The lowest BCUT2D eigenvalue weighted by Gasteiger charge is -2.07. The van der Waals surface area contributed by atoms with Gasteiger partial charge in [-0.3, -0.25) is 9.78 Å². The average Bonchev–Trinajstić information content (AvgIpc) is 2.47. The van der Waals surface area contributed by atoms with Crippen LogP contribution in [0.3, 0.4) is 0 Å². The number of aromatic nitrogens is 1. The molecule has 1 aromatic carbocycles. The Morgan fingerprint density at radius 2 is 1.81 bits per heavy atom. The molecule has 0 atom stereocenters. The number of anilines is 1. The van der Waals surface area contributed by atoms with E-state index in [0.717, 1.165) is 18.3 Å². The van der Waals surface area contributed by atoms with Crippen LogP contribution in [0.25, 0.3) is 0 Å². The van der Waals surface area contributed by atoms with E-state index in [9.17, 15) is 18.0 Å². The first-order valence-corrected chi connectivity index (χ1v) is 5.75. The van der Waals surface area contributed by atoms with Crippen LogP contribution in [0.15, 0.2) is 42.6 Å². The molecule has 1 heterocycles. The molecule has 0 saturated heterocycles. The number of pyridine rings is 1. The number of nitriles is 1. The lowest BCUT2D eigenvalue weighted by Crippen LogP contribution is -2.14. The van der Waals surface area contributed by atoms with Crippen molar-refractivity contribution in [3.05, 3.63) is 59.4 Å². The molecule has 0 radical (unpaired) electrons. The Bertz CT molecular complexity index is 685. The highest BCUT2D eigenvalue weighted by molar-refractivity contribution is 6.04. The maximum Gasteiger partial charge on any atom is 0.433 e. The van der Waals surface area contributed by atoms with Crippen LogP contribution < -0.4 is 5.32 Å². The van der Waals surface area contributed by atoms with Crippen molar-refractivity contribution in [1.82, 2.24) is 4.98 Å². The normalized spacial score (nSPS) is 10.8. The highest BCUT2D eigenvalue weighted by Gasteiger charge is 2.32. The van der Waals surface area contributed by atoms with Gasteiger partial charge >= 0.3 is 6.18 Å². The smallest absolute Gasteiger partial charge is 0.322 e. The van der Waals surface area contributed by atoms with E-state index in [-0.39, 0.29) is 5.56 Å². The third kappa shape index (κ3) is 3.57. The van der Waals surface area contributed by atoms with Gasteiger partial charge in [0.15, 0.2) is 0 Å². The molecule has 0 bridgehead atoms. The molecule has 1 aromatic heterocycles. The third-order valence-electron chi connectivity index (χ3n) is 2.59. The van der Waals surface area contributed by atoms with Crippen molar-refractivity contribution in [2.75, 3.05) is 5.32 Å². The molecule has 0 aliphatic heterocycles. The SMILES string of the molecule is N#Cc1ccc(NC(=O)c2ccc(C(F)(F)F)nc2)cc1. The van der Waals surface area contributed by atoms with E-state index in [2.05, 4.69) is 10.3 Å². The molecule has 4 nitrogen and oxygen atoms in total. The minimum absolute atomic E-state index is 0.00681. The van der Waals surface area contributed by atoms with E-state index >= 15 is 0 Å². The quantitative estimate of drug-likeness (QED) is 0.923. The van der Waals surface area contributed by atoms with Crippen LogP contribution in [0, 0.1) is 11.3 Å². The van der Waals surface area contributed by atoms with Crippen LogP contribution >= 0.6 is 0 Å². The predicted molar refractivity (Wildman–Crippen MR) is 68.3 cm³/mol. The fourth-order valence-electron chi connectivity index (χ4n) is 1.53. The molecular formula is C14H8F3N3O. The Balaban J connectivity index is 2.11. The summed E-state index contributed by atoms with van der Waals surface area (Å²) < 4.78 is 37.0. The van der Waals surface area contributed by atoms with E-state index < -0.39 is 17.8 Å². The Morgan fingerprint density at radius 3 is 2.29 bits per heavy atom. The first kappa shape index (κ1) is 14.5. The topological polar surface area (TPSA) is 65.8 Å². The van der Waals surface area contributed by atoms with Gasteiger partial charge in [-0.1, -0.05) is 0 Å². The largest absolute Gasteiger partial charge is 0.433 e. The number of nitrogens with zero attached hydrogens (tertiary/aromatic N) is 2. The molecule has 0 saturated carbocycles. The highest BCUT2D eigenvalue weighted by Crippen LogP contribution is 2.27. The van der Waals surface area contributed by atoms with Crippen LogP contribution in [0.2, 0.25) is 0 Å². The van der Waals surface area contributed by atoms with Gasteiger partial charge in [0.05, 0.1) is 17.2 Å². The Kier molecular flexibility index (Phi) is 3.89. The molecule has 1 N–H and O–H groups in total. The molecule has 0 unspecified atom stereocenters. The first-order valence-electron chi connectivity index (χ1n) is 5.75. The minimum Gasteiger partial charge on any atom is -0.322 e. The number of hydrogen-bond acceptors (Lipinski definition) is 3. The van der Waals surface area contributed by atoms with Crippen molar-refractivity contribution in [3.8, 4) is 6.07 Å². The van der Waals surface area contributed by atoms with Gasteiger partial charge < -0.3 is 5.32 Å². The van der Waals surface area contributed by atoms with Gasteiger partial charge in [-0.05, 0) is 36.4 Å². The van der Waals surface area contributed by atoms with Crippen LogP contribution in [-0.2, 0) is 6.18 Å². The van der Waals surface area contributed by atoms with Gasteiger partial charge in [-0.25, -0.2) is 0 Å². The fourth-order valence-corrected chi connectivity index (χ4v) is 1.53. The number of nitrogens with one attached hydrogen (secondary N) is 1. The summed E-state index contributed by atoms with van der Waals surface area (Å²) in [4.78, 5) is 15.0. The molecule has 1 amide bonds. The molecule has 0 spiro atoms. The maximum absolute atomic E-state index is 12.3. The summed E-state index contributed by atoms with van der Waals surface area (Å²) in [6.45, 7) is 0. The number of carbonyl (C=O) groups excluding carboxylic acids is 1. The summed E-state index contributed by atoms with van der Waals surface area (Å²) in [5, 5.41) is 11.1. The Labute approximate surface area is 117 Å². The van der Waals surface area contributed by atoms with E-state index in [0.29, 0.717) is 11.3 Å². The number of amides is 1. The lowest BCUT2D eigenvalue weighted by atomic mass is 10.2. The zero-order valence-corrected chi connectivity index (χ0v) is 10.5. The molecule has 0 aliphatic rings. The number of benzene rings is 1. The van der Waals surface area contributed by atoms with Gasteiger partial charge in [0, 0.05) is 11.9 Å². The molecule has 0 aliphatic carbocycles. The molecular weight excluding hydrogens is 283 g/mol. The zero-order chi connectivity index (χ0) is 15.5. The van der Waals surface area contributed by atoms with Gasteiger partial charge in [0.2, 0.25) is 0 Å². The summed E-state index contributed by atoms with van der Waals surface area (Å²) in [7, 11) is 0. The summed E-state index contributed by atoms with van der Waals surface area (Å²) >= 11 is 0. The number of carbonyl (C=O) groups is 1. The third-order valence-corrected chi connectivity index (χ3v) is 2.59. The Hall–Kier alpha value is -2.88.